The van der Waals surface area contributed by atoms with E-state index in [9.17, 15) is 20.1 Å². The molecule has 210 valence electrons. The summed E-state index contributed by atoms with van der Waals surface area (Å²) >= 11 is 0. The van der Waals surface area contributed by atoms with E-state index in [1.165, 1.54) is 40.6 Å². The van der Waals surface area contributed by atoms with Gasteiger partial charge in [0.05, 0.1) is 33.4 Å². The largest absolute Gasteiger partial charge is 0.493 e. The molecular formula is C29H40O9. The van der Waals surface area contributed by atoms with Crippen LogP contribution in [0.2, 0.25) is 0 Å². The molecule has 0 fully saturated rings. The minimum absolute atomic E-state index is 0.0367. The van der Waals surface area contributed by atoms with E-state index in [2.05, 4.69) is 20.8 Å². The fraction of sp³-hybridized carbons (Fsp3) is 0.552. The number of benzene rings is 2. The van der Waals surface area contributed by atoms with Crippen molar-refractivity contribution in [2.75, 3.05) is 34.7 Å². The second kappa shape index (κ2) is 13.1. The number of fused-ring (bicyclic) bond motifs is 2. The first-order chi connectivity index (χ1) is 18.3. The topological polar surface area (TPSA) is 124 Å². The highest BCUT2D eigenvalue weighted by atomic mass is 16.7. The van der Waals surface area contributed by atoms with Crippen molar-refractivity contribution in [3.8, 4) is 28.7 Å². The van der Waals surface area contributed by atoms with Gasteiger partial charge in [-0.15, -0.1) is 0 Å². The smallest absolute Gasteiger partial charge is 0.307 e. The first-order valence-electron chi connectivity index (χ1n) is 13.0. The standard InChI is InChI=1S/C22H24O9.C7H16/c1-27-16-4-10(5-17(28-2)21(16)29-3)18-11-6-14-15(31-9-30-14)7-12(11)20(24)13(8-23)19(18)22(25)26;1-4-6-7(3)5-2/h4-7,13,18-20,23-24H,8-9H2,1-3H3,(H,25,26);7H,4-6H2,1-3H3/t13-,18+,19-,20-;/m0./s1. The van der Waals surface area contributed by atoms with Crippen LogP contribution in [-0.2, 0) is 4.79 Å². The number of hydrogen-bond donors (Lipinski definition) is 3. The molecule has 0 amide bonds. The molecule has 9 nitrogen and oxygen atoms in total. The third kappa shape index (κ3) is 5.78. The van der Waals surface area contributed by atoms with Crippen LogP contribution in [0.1, 0.15) is 68.7 Å². The van der Waals surface area contributed by atoms with Crippen molar-refractivity contribution in [3.05, 3.63) is 41.0 Å². The van der Waals surface area contributed by atoms with Gasteiger partial charge in [-0.2, -0.15) is 0 Å². The summed E-state index contributed by atoms with van der Waals surface area (Å²) in [5.41, 5.74) is 1.63. The van der Waals surface area contributed by atoms with Crippen LogP contribution in [0.4, 0.5) is 0 Å². The molecule has 1 aliphatic heterocycles. The van der Waals surface area contributed by atoms with Crippen molar-refractivity contribution < 1.29 is 43.8 Å². The average molecular weight is 533 g/mol. The van der Waals surface area contributed by atoms with Crippen molar-refractivity contribution in [2.24, 2.45) is 17.8 Å². The second-order valence-corrected chi connectivity index (χ2v) is 9.73. The van der Waals surface area contributed by atoms with Gasteiger partial charge in [0.2, 0.25) is 12.5 Å². The molecule has 0 aromatic heterocycles. The maximum atomic E-state index is 12.4. The Morgan fingerprint density at radius 3 is 2.00 bits per heavy atom. The van der Waals surface area contributed by atoms with Crippen LogP contribution in [0.25, 0.3) is 0 Å². The fourth-order valence-electron chi connectivity index (χ4n) is 5.27. The number of aliphatic hydroxyl groups is 2. The Kier molecular flexibility index (Phi) is 10.1. The molecule has 9 heteroatoms. The minimum atomic E-state index is -1.19. The number of aliphatic hydroxyl groups excluding tert-OH is 2. The van der Waals surface area contributed by atoms with Gasteiger partial charge in [-0.05, 0) is 46.9 Å². The molecule has 0 bridgehead atoms. The molecule has 2 aromatic rings. The van der Waals surface area contributed by atoms with Gasteiger partial charge < -0.3 is 39.0 Å². The van der Waals surface area contributed by atoms with E-state index >= 15 is 0 Å². The first-order valence-corrected chi connectivity index (χ1v) is 13.0. The number of carboxylic acids is 1. The van der Waals surface area contributed by atoms with Crippen LogP contribution in [-0.4, -0.2) is 56.0 Å². The molecule has 2 aromatic carbocycles. The Morgan fingerprint density at radius 1 is 1.00 bits per heavy atom. The quantitative estimate of drug-likeness (QED) is 0.419. The third-order valence-corrected chi connectivity index (χ3v) is 7.48. The Bertz CT molecular complexity index is 1070. The number of carbonyl (C=O) groups is 1. The average Bonchev–Trinajstić information content (AvgIpc) is 3.39. The Hall–Kier alpha value is -3.17. The van der Waals surface area contributed by atoms with Gasteiger partial charge >= 0.3 is 5.97 Å². The molecule has 0 radical (unpaired) electrons. The molecule has 0 saturated carbocycles. The number of carboxylic acid groups (broad SMARTS) is 1. The van der Waals surface area contributed by atoms with E-state index < -0.39 is 36.4 Å². The number of methoxy groups -OCH3 is 3. The number of ether oxygens (including phenoxy) is 5. The second-order valence-electron chi connectivity index (χ2n) is 9.73. The highest BCUT2D eigenvalue weighted by molar-refractivity contribution is 5.75. The minimum Gasteiger partial charge on any atom is -0.493 e. The monoisotopic (exact) mass is 532 g/mol. The molecule has 1 aliphatic carbocycles. The Morgan fingerprint density at radius 2 is 1.58 bits per heavy atom. The molecule has 4 rings (SSSR count). The number of hydrogen-bond acceptors (Lipinski definition) is 8. The van der Waals surface area contributed by atoms with Gasteiger partial charge in [0.25, 0.3) is 0 Å². The summed E-state index contributed by atoms with van der Waals surface area (Å²) in [5, 5.41) is 31.0. The molecule has 1 heterocycles. The number of aliphatic carboxylic acids is 1. The lowest BCUT2D eigenvalue weighted by molar-refractivity contribution is -0.148. The van der Waals surface area contributed by atoms with Crippen molar-refractivity contribution in [2.45, 2.75) is 52.1 Å². The van der Waals surface area contributed by atoms with Gasteiger partial charge in [-0.3, -0.25) is 4.79 Å². The van der Waals surface area contributed by atoms with Crippen LogP contribution in [0.15, 0.2) is 24.3 Å². The highest BCUT2D eigenvalue weighted by Gasteiger charge is 2.47. The first kappa shape index (κ1) is 29.4. The lowest BCUT2D eigenvalue weighted by Crippen LogP contribution is -2.40. The predicted molar refractivity (Wildman–Crippen MR) is 142 cm³/mol. The van der Waals surface area contributed by atoms with Gasteiger partial charge in [0.1, 0.15) is 0 Å². The zero-order valence-corrected chi connectivity index (χ0v) is 23.0. The SMILES string of the molecule is CCCC(C)CC.COc1cc([C@@H]2c3cc4c(cc3[C@H](O)[C@@H](CO)[C@@H]2C(=O)O)OCO4)cc(OC)c1OC. The van der Waals surface area contributed by atoms with Crippen LogP contribution >= 0.6 is 0 Å². The summed E-state index contributed by atoms with van der Waals surface area (Å²) in [5.74, 6) is -0.917. The van der Waals surface area contributed by atoms with Crippen LogP contribution in [0.3, 0.4) is 0 Å². The molecule has 0 saturated heterocycles. The molecule has 1 unspecified atom stereocenters. The summed E-state index contributed by atoms with van der Waals surface area (Å²) < 4.78 is 27.2. The summed E-state index contributed by atoms with van der Waals surface area (Å²) in [4.78, 5) is 12.4. The molecule has 5 atom stereocenters. The van der Waals surface area contributed by atoms with Gasteiger partial charge in [0.15, 0.2) is 23.0 Å². The maximum absolute atomic E-state index is 12.4. The molecular weight excluding hydrogens is 492 g/mol. The van der Waals surface area contributed by atoms with Crippen molar-refractivity contribution in [3.63, 3.8) is 0 Å². The normalized spacial score (nSPS) is 22.0. The van der Waals surface area contributed by atoms with Gasteiger partial charge in [0, 0.05) is 18.4 Å². The van der Waals surface area contributed by atoms with Crippen LogP contribution in [0, 0.1) is 17.8 Å². The van der Waals surface area contributed by atoms with Crippen molar-refractivity contribution >= 4 is 5.97 Å². The van der Waals surface area contributed by atoms with Crippen LogP contribution < -0.4 is 23.7 Å². The molecule has 3 N–H and O–H groups in total. The van der Waals surface area contributed by atoms with Crippen molar-refractivity contribution in [1.82, 2.24) is 0 Å². The number of rotatable bonds is 9. The summed E-state index contributed by atoms with van der Waals surface area (Å²) in [6, 6.07) is 6.71. The van der Waals surface area contributed by atoms with E-state index in [1.54, 1.807) is 24.3 Å². The van der Waals surface area contributed by atoms with E-state index in [-0.39, 0.29) is 6.79 Å². The Labute approximate surface area is 224 Å². The van der Waals surface area contributed by atoms with E-state index in [4.69, 9.17) is 23.7 Å². The fourth-order valence-corrected chi connectivity index (χ4v) is 5.27. The molecule has 38 heavy (non-hydrogen) atoms. The van der Waals surface area contributed by atoms with E-state index in [1.807, 2.05) is 0 Å². The van der Waals surface area contributed by atoms with Gasteiger partial charge in [-0.1, -0.05) is 40.0 Å². The summed E-state index contributed by atoms with van der Waals surface area (Å²) in [7, 11) is 4.43. The van der Waals surface area contributed by atoms with E-state index in [0.29, 0.717) is 45.4 Å². The third-order valence-electron chi connectivity index (χ3n) is 7.48. The highest BCUT2D eigenvalue weighted by Crippen LogP contribution is 2.53. The molecule has 0 spiro atoms. The van der Waals surface area contributed by atoms with Crippen molar-refractivity contribution in [1.29, 1.82) is 0 Å². The zero-order valence-electron chi connectivity index (χ0n) is 23.0. The lowest BCUT2D eigenvalue weighted by Gasteiger charge is -2.40. The van der Waals surface area contributed by atoms with Crippen LogP contribution in [0.5, 0.6) is 28.7 Å². The lowest BCUT2D eigenvalue weighted by atomic mass is 9.65. The van der Waals surface area contributed by atoms with Gasteiger partial charge in [-0.25, -0.2) is 0 Å². The summed E-state index contributed by atoms with van der Waals surface area (Å²) in [6.45, 7) is 6.33. The predicted octanol–water partition coefficient (Wildman–Crippen LogP) is 4.76. The maximum Gasteiger partial charge on any atom is 0.307 e. The molecule has 2 aliphatic rings. The summed E-state index contributed by atoms with van der Waals surface area (Å²) in [6.07, 6.45) is 2.90. The van der Waals surface area contributed by atoms with E-state index in [0.717, 1.165) is 5.92 Å². The zero-order chi connectivity index (χ0) is 28.0. The Balaban J connectivity index is 0.000000505.